The van der Waals surface area contributed by atoms with E-state index < -0.39 is 0 Å². The SMILES string of the molecule is Cc1ccc(COc2ccc(Br)cc2CNC(C)(C)CC(C)(C)C)cc1.Cl. The van der Waals surface area contributed by atoms with E-state index in [2.05, 4.69) is 93.1 Å². The molecule has 0 atom stereocenters. The van der Waals surface area contributed by atoms with Crippen molar-refractivity contribution in [3.05, 3.63) is 63.6 Å². The summed E-state index contributed by atoms with van der Waals surface area (Å²) >= 11 is 3.59. The Morgan fingerprint density at radius 3 is 2.19 bits per heavy atom. The zero-order chi connectivity index (χ0) is 19.4. The maximum atomic E-state index is 6.12. The van der Waals surface area contributed by atoms with E-state index in [1.54, 1.807) is 0 Å². The van der Waals surface area contributed by atoms with Crippen LogP contribution < -0.4 is 10.1 Å². The first-order chi connectivity index (χ1) is 12.0. The normalized spacial score (nSPS) is 11.8. The van der Waals surface area contributed by atoms with Gasteiger partial charge in [0.1, 0.15) is 12.4 Å². The fourth-order valence-corrected chi connectivity index (χ4v) is 3.80. The van der Waals surface area contributed by atoms with Crippen LogP contribution in [0.2, 0.25) is 0 Å². The van der Waals surface area contributed by atoms with Gasteiger partial charge >= 0.3 is 0 Å². The molecule has 0 unspecified atom stereocenters. The molecule has 0 aliphatic rings. The van der Waals surface area contributed by atoms with Gasteiger partial charge in [-0.05, 0) is 56.4 Å². The monoisotopic (exact) mass is 453 g/mol. The van der Waals surface area contributed by atoms with E-state index in [4.69, 9.17) is 4.74 Å². The Hall–Kier alpha value is -1.03. The molecule has 0 heterocycles. The lowest BCUT2D eigenvalue weighted by Crippen LogP contribution is -2.41. The Balaban J connectivity index is 0.00000364. The molecule has 0 saturated carbocycles. The number of hydrogen-bond acceptors (Lipinski definition) is 2. The second-order valence-electron chi connectivity index (χ2n) is 9.00. The average Bonchev–Trinajstić information content (AvgIpc) is 2.51. The molecular formula is C23H33BrClNO. The van der Waals surface area contributed by atoms with Crippen molar-refractivity contribution < 1.29 is 4.74 Å². The van der Waals surface area contributed by atoms with Crippen LogP contribution in [0.15, 0.2) is 46.9 Å². The zero-order valence-corrected chi connectivity index (χ0v) is 19.8. The Morgan fingerprint density at radius 2 is 1.59 bits per heavy atom. The molecule has 150 valence electrons. The third-order valence-electron chi connectivity index (χ3n) is 4.27. The second-order valence-corrected chi connectivity index (χ2v) is 9.92. The molecule has 0 aliphatic carbocycles. The van der Waals surface area contributed by atoms with Crippen molar-refractivity contribution in [3.63, 3.8) is 0 Å². The summed E-state index contributed by atoms with van der Waals surface area (Å²) in [5, 5.41) is 3.70. The van der Waals surface area contributed by atoms with Gasteiger partial charge in [-0.3, -0.25) is 0 Å². The fourth-order valence-electron chi connectivity index (χ4n) is 3.40. The third kappa shape index (κ3) is 8.68. The molecule has 27 heavy (non-hydrogen) atoms. The van der Waals surface area contributed by atoms with Crippen molar-refractivity contribution in [2.75, 3.05) is 0 Å². The highest BCUT2D eigenvalue weighted by Crippen LogP contribution is 2.29. The topological polar surface area (TPSA) is 21.3 Å². The molecule has 0 fully saturated rings. The molecule has 0 saturated heterocycles. The van der Waals surface area contributed by atoms with Crippen LogP contribution in [0, 0.1) is 12.3 Å². The van der Waals surface area contributed by atoms with E-state index in [1.165, 1.54) is 16.7 Å². The van der Waals surface area contributed by atoms with Gasteiger partial charge in [0, 0.05) is 22.1 Å². The fraction of sp³-hybridized carbons (Fsp3) is 0.478. The van der Waals surface area contributed by atoms with Crippen LogP contribution in [0.5, 0.6) is 5.75 Å². The van der Waals surface area contributed by atoms with Crippen molar-refractivity contribution in [3.8, 4) is 5.75 Å². The zero-order valence-electron chi connectivity index (χ0n) is 17.4. The van der Waals surface area contributed by atoms with Gasteiger partial charge in [0.05, 0.1) is 0 Å². The number of ether oxygens (including phenoxy) is 1. The minimum Gasteiger partial charge on any atom is -0.489 e. The van der Waals surface area contributed by atoms with Crippen LogP contribution in [-0.4, -0.2) is 5.54 Å². The van der Waals surface area contributed by atoms with Gasteiger partial charge in [-0.1, -0.05) is 66.5 Å². The summed E-state index contributed by atoms with van der Waals surface area (Å²) < 4.78 is 7.20. The summed E-state index contributed by atoms with van der Waals surface area (Å²) in [5.41, 5.74) is 3.98. The lowest BCUT2D eigenvalue weighted by Gasteiger charge is -2.33. The van der Waals surface area contributed by atoms with Crippen LogP contribution in [0.1, 0.15) is 57.7 Å². The van der Waals surface area contributed by atoms with E-state index in [-0.39, 0.29) is 17.9 Å². The first-order valence-corrected chi connectivity index (χ1v) is 10.1. The summed E-state index contributed by atoms with van der Waals surface area (Å²) in [6.45, 7) is 14.9. The van der Waals surface area contributed by atoms with Gasteiger partial charge in [-0.2, -0.15) is 0 Å². The minimum absolute atomic E-state index is 0. The summed E-state index contributed by atoms with van der Waals surface area (Å²) in [6, 6.07) is 14.7. The molecule has 0 radical (unpaired) electrons. The summed E-state index contributed by atoms with van der Waals surface area (Å²) in [7, 11) is 0. The number of benzene rings is 2. The second kappa shape index (κ2) is 9.95. The molecule has 1 N–H and O–H groups in total. The number of aryl methyl sites for hydroxylation is 1. The van der Waals surface area contributed by atoms with Gasteiger partial charge in [-0.25, -0.2) is 0 Å². The molecule has 4 heteroatoms. The Morgan fingerprint density at radius 1 is 0.963 bits per heavy atom. The number of nitrogens with one attached hydrogen (secondary N) is 1. The number of halogens is 2. The highest BCUT2D eigenvalue weighted by Gasteiger charge is 2.25. The average molecular weight is 455 g/mol. The molecule has 0 amide bonds. The molecule has 2 aromatic rings. The van der Waals surface area contributed by atoms with Gasteiger partial charge < -0.3 is 10.1 Å². The molecule has 0 spiro atoms. The van der Waals surface area contributed by atoms with Crippen molar-refractivity contribution in [1.29, 1.82) is 0 Å². The van der Waals surface area contributed by atoms with Gasteiger partial charge in [0.2, 0.25) is 0 Å². The van der Waals surface area contributed by atoms with E-state index in [9.17, 15) is 0 Å². The van der Waals surface area contributed by atoms with Crippen LogP contribution >= 0.6 is 28.3 Å². The molecule has 2 aromatic carbocycles. The molecular weight excluding hydrogens is 422 g/mol. The summed E-state index contributed by atoms with van der Waals surface area (Å²) in [5.74, 6) is 0.938. The lowest BCUT2D eigenvalue weighted by molar-refractivity contribution is 0.238. The van der Waals surface area contributed by atoms with Crippen LogP contribution in [0.25, 0.3) is 0 Å². The lowest BCUT2D eigenvalue weighted by atomic mass is 9.82. The van der Waals surface area contributed by atoms with Crippen molar-refractivity contribution in [2.45, 2.75) is 66.7 Å². The van der Waals surface area contributed by atoms with E-state index in [0.29, 0.717) is 12.0 Å². The summed E-state index contributed by atoms with van der Waals surface area (Å²) in [4.78, 5) is 0. The van der Waals surface area contributed by atoms with E-state index in [1.807, 2.05) is 12.1 Å². The molecule has 0 bridgehead atoms. The van der Waals surface area contributed by atoms with Crippen LogP contribution in [-0.2, 0) is 13.2 Å². The van der Waals surface area contributed by atoms with E-state index >= 15 is 0 Å². The van der Waals surface area contributed by atoms with Crippen molar-refractivity contribution in [1.82, 2.24) is 5.32 Å². The smallest absolute Gasteiger partial charge is 0.124 e. The van der Waals surface area contributed by atoms with Gasteiger partial charge in [-0.15, -0.1) is 12.4 Å². The quantitative estimate of drug-likeness (QED) is 0.483. The van der Waals surface area contributed by atoms with Crippen molar-refractivity contribution >= 4 is 28.3 Å². The largest absolute Gasteiger partial charge is 0.489 e. The molecule has 0 aromatic heterocycles. The maximum Gasteiger partial charge on any atom is 0.124 e. The highest BCUT2D eigenvalue weighted by molar-refractivity contribution is 9.10. The van der Waals surface area contributed by atoms with Crippen molar-refractivity contribution in [2.24, 2.45) is 5.41 Å². The van der Waals surface area contributed by atoms with Crippen LogP contribution in [0.4, 0.5) is 0 Å². The molecule has 0 aliphatic heterocycles. The Labute approximate surface area is 179 Å². The first-order valence-electron chi connectivity index (χ1n) is 9.26. The number of rotatable bonds is 7. The standard InChI is InChI=1S/C23H32BrNO.ClH/c1-17-7-9-18(10-8-17)15-26-21-12-11-20(24)13-19(21)14-25-23(5,6)16-22(2,3)4;/h7-13,25H,14-16H2,1-6H3;1H. The van der Waals surface area contributed by atoms with E-state index in [0.717, 1.165) is 23.2 Å². The minimum atomic E-state index is 0. The highest BCUT2D eigenvalue weighted by atomic mass is 79.9. The predicted octanol–water partition coefficient (Wildman–Crippen LogP) is 7.06. The van der Waals surface area contributed by atoms with Crippen LogP contribution in [0.3, 0.4) is 0 Å². The number of hydrogen-bond donors (Lipinski definition) is 1. The Bertz CT molecular complexity index is 720. The van der Waals surface area contributed by atoms with Gasteiger partial charge in [0.15, 0.2) is 0 Å². The maximum absolute atomic E-state index is 6.12. The summed E-state index contributed by atoms with van der Waals surface area (Å²) in [6.07, 6.45) is 1.10. The molecule has 2 rings (SSSR count). The first kappa shape index (κ1) is 24.0. The third-order valence-corrected chi connectivity index (χ3v) is 4.76. The van der Waals surface area contributed by atoms with Gasteiger partial charge in [0.25, 0.3) is 0 Å². The predicted molar refractivity (Wildman–Crippen MR) is 122 cm³/mol. The Kier molecular flexibility index (Phi) is 8.85. The molecule has 2 nitrogen and oxygen atoms in total.